The van der Waals surface area contributed by atoms with E-state index in [0.717, 1.165) is 37.5 Å². The first-order valence-corrected chi connectivity index (χ1v) is 11.0. The van der Waals surface area contributed by atoms with E-state index in [1.807, 2.05) is 18.3 Å². The number of rotatable bonds is 7. The second-order valence-electron chi connectivity index (χ2n) is 8.09. The minimum Gasteiger partial charge on any atom is -0.454 e. The van der Waals surface area contributed by atoms with Crippen molar-refractivity contribution in [1.29, 1.82) is 0 Å². The van der Waals surface area contributed by atoms with Gasteiger partial charge in [0.1, 0.15) is 23.0 Å². The molecule has 166 valence electrons. The monoisotopic (exact) mass is 434 g/mol. The highest BCUT2D eigenvalue weighted by molar-refractivity contribution is 5.93. The molecule has 4 heterocycles. The van der Waals surface area contributed by atoms with Gasteiger partial charge < -0.3 is 20.1 Å². The molecule has 9 heteroatoms. The maximum Gasteiger partial charge on any atom is 0.269 e. The van der Waals surface area contributed by atoms with Crippen LogP contribution in [0.25, 0.3) is 0 Å². The summed E-state index contributed by atoms with van der Waals surface area (Å²) in [5.41, 5.74) is 2.06. The van der Waals surface area contributed by atoms with E-state index in [1.165, 1.54) is 12.8 Å². The van der Waals surface area contributed by atoms with E-state index in [4.69, 9.17) is 14.6 Å². The molecule has 1 aliphatic carbocycles. The number of carbonyl (C=O) groups is 1. The van der Waals surface area contributed by atoms with Crippen LogP contribution in [-0.2, 0) is 4.74 Å². The van der Waals surface area contributed by atoms with Gasteiger partial charge in [-0.25, -0.2) is 4.98 Å². The Labute approximate surface area is 186 Å². The van der Waals surface area contributed by atoms with Crippen molar-refractivity contribution in [2.45, 2.75) is 37.6 Å². The third-order valence-electron chi connectivity index (χ3n) is 5.71. The number of hydrogen-bond donors (Lipinski definition) is 2. The van der Waals surface area contributed by atoms with E-state index < -0.39 is 0 Å². The summed E-state index contributed by atoms with van der Waals surface area (Å²) >= 11 is 0. The molecule has 0 atom stereocenters. The number of nitrogens with one attached hydrogen (secondary N) is 2. The number of carbonyl (C=O) groups excluding carboxylic acids is 1. The maximum atomic E-state index is 11.8. The van der Waals surface area contributed by atoms with Crippen LogP contribution in [0.4, 0.5) is 11.5 Å². The van der Waals surface area contributed by atoms with Crippen molar-refractivity contribution >= 4 is 17.4 Å². The Morgan fingerprint density at radius 1 is 1.12 bits per heavy atom. The van der Waals surface area contributed by atoms with E-state index in [1.54, 1.807) is 31.6 Å². The quantitative estimate of drug-likeness (QED) is 0.583. The molecule has 9 nitrogen and oxygen atoms in total. The summed E-state index contributed by atoms with van der Waals surface area (Å²) in [6.07, 6.45) is 9.54. The van der Waals surface area contributed by atoms with Gasteiger partial charge in [0.05, 0.1) is 12.2 Å². The van der Waals surface area contributed by atoms with Crippen LogP contribution in [-0.4, -0.2) is 45.9 Å². The molecule has 0 bridgehead atoms. The summed E-state index contributed by atoms with van der Waals surface area (Å²) < 4.78 is 13.9. The molecule has 5 rings (SSSR count). The van der Waals surface area contributed by atoms with Gasteiger partial charge in [0, 0.05) is 50.3 Å². The molecule has 2 fully saturated rings. The minimum absolute atomic E-state index is 0.244. The Bertz CT molecular complexity index is 1100. The number of aromatic nitrogens is 4. The Kier molecular flexibility index (Phi) is 5.72. The minimum atomic E-state index is -0.244. The molecule has 2 N–H and O–H groups in total. The number of pyridine rings is 2. The summed E-state index contributed by atoms with van der Waals surface area (Å²) in [5, 5.41) is 10.7. The Morgan fingerprint density at radius 3 is 2.72 bits per heavy atom. The first-order chi connectivity index (χ1) is 15.7. The van der Waals surface area contributed by atoms with Crippen LogP contribution in [0.5, 0.6) is 11.5 Å². The Hall–Kier alpha value is -3.46. The first kappa shape index (κ1) is 20.4. The van der Waals surface area contributed by atoms with Crippen LogP contribution in [0.1, 0.15) is 53.8 Å². The lowest BCUT2D eigenvalue weighted by Gasteiger charge is -2.21. The number of ether oxygens (including phenoxy) is 2. The van der Waals surface area contributed by atoms with Gasteiger partial charge in [-0.2, -0.15) is 5.10 Å². The van der Waals surface area contributed by atoms with Crippen molar-refractivity contribution in [2.24, 2.45) is 0 Å². The fourth-order valence-electron chi connectivity index (χ4n) is 3.83. The van der Waals surface area contributed by atoms with Gasteiger partial charge in [-0.1, -0.05) is 0 Å². The molecule has 0 aromatic carbocycles. The summed E-state index contributed by atoms with van der Waals surface area (Å²) in [5.74, 6) is 2.18. The Balaban J connectivity index is 1.36. The van der Waals surface area contributed by atoms with Crippen LogP contribution >= 0.6 is 0 Å². The number of anilines is 2. The summed E-state index contributed by atoms with van der Waals surface area (Å²) in [7, 11) is 1.58. The van der Waals surface area contributed by atoms with Gasteiger partial charge in [-0.15, -0.1) is 0 Å². The zero-order valence-electron chi connectivity index (χ0n) is 18.0. The number of nitrogens with zero attached hydrogens (tertiary/aromatic N) is 4. The third-order valence-corrected chi connectivity index (χ3v) is 5.71. The molecule has 2 aliphatic rings. The molecule has 3 aromatic rings. The average molecular weight is 435 g/mol. The van der Waals surface area contributed by atoms with Gasteiger partial charge in [-0.3, -0.25) is 14.5 Å². The van der Waals surface area contributed by atoms with Gasteiger partial charge in [-0.05, 0) is 43.9 Å². The maximum absolute atomic E-state index is 11.8. The molecule has 3 aromatic heterocycles. The van der Waals surface area contributed by atoms with Crippen molar-refractivity contribution in [2.75, 3.05) is 25.6 Å². The molecular weight excluding hydrogens is 408 g/mol. The van der Waals surface area contributed by atoms with E-state index in [2.05, 4.69) is 25.3 Å². The van der Waals surface area contributed by atoms with Crippen LogP contribution in [0.3, 0.4) is 0 Å². The zero-order valence-corrected chi connectivity index (χ0v) is 18.0. The zero-order chi connectivity index (χ0) is 21.9. The topological polar surface area (TPSA) is 103 Å². The smallest absolute Gasteiger partial charge is 0.269 e. The van der Waals surface area contributed by atoms with E-state index >= 15 is 0 Å². The van der Waals surface area contributed by atoms with Gasteiger partial charge in [0.25, 0.3) is 5.91 Å². The second kappa shape index (κ2) is 8.96. The molecule has 0 spiro atoms. The fourth-order valence-corrected chi connectivity index (χ4v) is 3.83. The van der Waals surface area contributed by atoms with Crippen LogP contribution in [0, 0.1) is 0 Å². The molecule has 1 amide bonds. The Morgan fingerprint density at radius 2 is 1.94 bits per heavy atom. The molecule has 32 heavy (non-hydrogen) atoms. The normalized spacial score (nSPS) is 16.5. The predicted octanol–water partition coefficient (Wildman–Crippen LogP) is 3.80. The lowest BCUT2D eigenvalue weighted by molar-refractivity contribution is 0.0839. The number of amides is 1. The SMILES string of the molecule is CNC(=O)c1cc(Nc2cc(Oc3cn(C4CC4)nc3C3CCOCC3)ccn2)ccn1. The number of hydrogen-bond acceptors (Lipinski definition) is 7. The van der Waals surface area contributed by atoms with Gasteiger partial charge >= 0.3 is 0 Å². The van der Waals surface area contributed by atoms with Crippen molar-refractivity contribution in [3.63, 3.8) is 0 Å². The van der Waals surface area contributed by atoms with Crippen molar-refractivity contribution in [3.05, 3.63) is 54.2 Å². The van der Waals surface area contributed by atoms with Crippen LogP contribution < -0.4 is 15.4 Å². The average Bonchev–Trinajstić information content (AvgIpc) is 3.60. The van der Waals surface area contributed by atoms with Crippen molar-refractivity contribution < 1.29 is 14.3 Å². The predicted molar refractivity (Wildman–Crippen MR) is 119 cm³/mol. The lowest BCUT2D eigenvalue weighted by Crippen LogP contribution is -2.19. The summed E-state index contributed by atoms with van der Waals surface area (Å²) in [6, 6.07) is 7.61. The van der Waals surface area contributed by atoms with Crippen molar-refractivity contribution in [3.8, 4) is 11.5 Å². The molecule has 1 aliphatic heterocycles. The van der Waals surface area contributed by atoms with Crippen molar-refractivity contribution in [1.82, 2.24) is 25.1 Å². The molecule has 0 unspecified atom stereocenters. The lowest BCUT2D eigenvalue weighted by atomic mass is 9.96. The van der Waals surface area contributed by atoms with Crippen LogP contribution in [0.2, 0.25) is 0 Å². The summed E-state index contributed by atoms with van der Waals surface area (Å²) in [6.45, 7) is 1.52. The highest BCUT2D eigenvalue weighted by atomic mass is 16.5. The van der Waals surface area contributed by atoms with E-state index in [9.17, 15) is 4.79 Å². The van der Waals surface area contributed by atoms with Gasteiger partial charge in [0.2, 0.25) is 0 Å². The molecule has 1 saturated carbocycles. The second-order valence-corrected chi connectivity index (χ2v) is 8.09. The molecular formula is C23H26N6O3. The highest BCUT2D eigenvalue weighted by Crippen LogP contribution is 2.40. The van der Waals surface area contributed by atoms with Crippen LogP contribution in [0.15, 0.2) is 42.9 Å². The third kappa shape index (κ3) is 4.57. The first-order valence-electron chi connectivity index (χ1n) is 11.0. The van der Waals surface area contributed by atoms with Gasteiger partial charge in [0.15, 0.2) is 5.75 Å². The fraction of sp³-hybridized carbons (Fsp3) is 0.391. The van der Waals surface area contributed by atoms with E-state index in [0.29, 0.717) is 34.9 Å². The highest BCUT2D eigenvalue weighted by Gasteiger charge is 2.29. The largest absolute Gasteiger partial charge is 0.454 e. The van der Waals surface area contributed by atoms with E-state index in [-0.39, 0.29) is 5.91 Å². The standard InChI is InChI=1S/C23H26N6O3/c1-24-23(30)19-12-16(4-8-25-19)27-21-13-18(5-9-26-21)32-20-14-29(17-2-3-17)28-22(20)15-6-10-31-11-7-15/h4-5,8-9,12-15,17H,2-3,6-7,10-11H2,1H3,(H,24,30)(H,25,26,27). The molecule has 1 saturated heterocycles. The summed E-state index contributed by atoms with van der Waals surface area (Å²) in [4.78, 5) is 20.3. The molecule has 0 radical (unpaired) electrons.